The zero-order valence-corrected chi connectivity index (χ0v) is 20.2. The molecule has 8 nitrogen and oxygen atoms in total. The summed E-state index contributed by atoms with van der Waals surface area (Å²) >= 11 is 0. The Morgan fingerprint density at radius 3 is 2.26 bits per heavy atom. The van der Waals surface area contributed by atoms with Gasteiger partial charge in [-0.25, -0.2) is 13.1 Å². The van der Waals surface area contributed by atoms with Crippen LogP contribution >= 0.6 is 0 Å². The van der Waals surface area contributed by atoms with Crippen LogP contribution in [0, 0.1) is 12.8 Å². The molecule has 0 spiro atoms. The van der Waals surface area contributed by atoms with Gasteiger partial charge in [-0.3, -0.25) is 14.5 Å². The van der Waals surface area contributed by atoms with E-state index >= 15 is 0 Å². The lowest BCUT2D eigenvalue weighted by Crippen LogP contribution is -2.55. The number of hydrogen-bond acceptors (Lipinski definition) is 5. The lowest BCUT2D eigenvalue weighted by atomic mass is 9.99. The number of rotatable bonds is 10. The summed E-state index contributed by atoms with van der Waals surface area (Å²) in [5, 5.41) is 2.82. The van der Waals surface area contributed by atoms with E-state index in [2.05, 4.69) is 10.0 Å². The standard InChI is InChI=1S/C25H29N3O5S/c1-18(2)24(25(30)26-16-20-11-9-15-33-20)28(22-14-8-7-10-19(22)3)23(29)17-27-34(31,32)21-12-5-4-6-13-21/h4-15,18,24,27H,16-17H2,1-3H3,(H,26,30). The average Bonchev–Trinajstić information content (AvgIpc) is 3.34. The molecule has 0 aliphatic rings. The number of carbonyl (C=O) groups is 2. The molecule has 3 rings (SSSR count). The van der Waals surface area contributed by atoms with Gasteiger partial charge in [-0.1, -0.05) is 50.2 Å². The first-order chi connectivity index (χ1) is 16.2. The molecule has 9 heteroatoms. The SMILES string of the molecule is Cc1ccccc1N(C(=O)CNS(=O)(=O)c1ccccc1)C(C(=O)NCc1ccco1)C(C)C. The van der Waals surface area contributed by atoms with Gasteiger partial charge in [0, 0.05) is 5.69 Å². The molecule has 2 amide bonds. The Morgan fingerprint density at radius 2 is 1.65 bits per heavy atom. The number of aryl methyl sites for hydroxylation is 1. The van der Waals surface area contributed by atoms with E-state index in [1.807, 2.05) is 32.9 Å². The minimum atomic E-state index is -3.90. The van der Waals surface area contributed by atoms with Crippen LogP contribution in [0.4, 0.5) is 5.69 Å². The molecular formula is C25H29N3O5S. The van der Waals surface area contributed by atoms with Crippen LogP contribution in [0.15, 0.2) is 82.3 Å². The van der Waals surface area contributed by atoms with Crippen LogP contribution in [0.2, 0.25) is 0 Å². The van der Waals surface area contributed by atoms with Crippen LogP contribution in [0.3, 0.4) is 0 Å². The molecule has 3 aromatic rings. The predicted molar refractivity (Wildman–Crippen MR) is 129 cm³/mol. The van der Waals surface area contributed by atoms with Gasteiger partial charge in [0.25, 0.3) is 0 Å². The Balaban J connectivity index is 1.88. The second kappa shape index (κ2) is 11.1. The molecule has 0 fully saturated rings. The number of hydrogen-bond donors (Lipinski definition) is 2. The molecule has 180 valence electrons. The predicted octanol–water partition coefficient (Wildman–Crippen LogP) is 3.24. The second-order valence-corrected chi connectivity index (χ2v) is 9.94. The van der Waals surface area contributed by atoms with Crippen molar-refractivity contribution in [2.45, 2.75) is 38.3 Å². The van der Waals surface area contributed by atoms with E-state index in [9.17, 15) is 18.0 Å². The molecule has 0 aliphatic carbocycles. The van der Waals surface area contributed by atoms with Crippen molar-refractivity contribution >= 4 is 27.5 Å². The Labute approximate surface area is 200 Å². The smallest absolute Gasteiger partial charge is 0.243 e. The lowest BCUT2D eigenvalue weighted by Gasteiger charge is -2.34. The zero-order valence-electron chi connectivity index (χ0n) is 19.4. The van der Waals surface area contributed by atoms with Gasteiger partial charge in [0.05, 0.1) is 24.2 Å². The molecule has 0 bridgehead atoms. The fourth-order valence-electron chi connectivity index (χ4n) is 3.61. The number of nitrogens with zero attached hydrogens (tertiary/aromatic N) is 1. The second-order valence-electron chi connectivity index (χ2n) is 8.17. The minimum Gasteiger partial charge on any atom is -0.467 e. The molecule has 2 N–H and O–H groups in total. The van der Waals surface area contributed by atoms with Gasteiger partial charge in [0.2, 0.25) is 21.8 Å². The molecule has 1 heterocycles. The molecular weight excluding hydrogens is 454 g/mol. The van der Waals surface area contributed by atoms with Crippen LogP contribution in [-0.2, 0) is 26.2 Å². The number of carbonyl (C=O) groups excluding carboxylic acids is 2. The maximum Gasteiger partial charge on any atom is 0.243 e. The molecule has 1 unspecified atom stereocenters. The Kier molecular flexibility index (Phi) is 8.25. The highest BCUT2D eigenvalue weighted by molar-refractivity contribution is 7.89. The fourth-order valence-corrected chi connectivity index (χ4v) is 4.60. The summed E-state index contributed by atoms with van der Waals surface area (Å²) in [5.41, 5.74) is 1.32. The van der Waals surface area contributed by atoms with Crippen LogP contribution in [0.1, 0.15) is 25.2 Å². The van der Waals surface area contributed by atoms with Crippen molar-refractivity contribution in [2.75, 3.05) is 11.4 Å². The van der Waals surface area contributed by atoms with E-state index in [1.54, 1.807) is 42.5 Å². The maximum absolute atomic E-state index is 13.5. The Bertz CT molecular complexity index is 1210. The van der Waals surface area contributed by atoms with Crippen molar-refractivity contribution in [3.05, 3.63) is 84.3 Å². The number of nitrogens with one attached hydrogen (secondary N) is 2. The summed E-state index contributed by atoms with van der Waals surface area (Å²) in [5.74, 6) is -0.583. The number of para-hydroxylation sites is 1. The molecule has 2 aromatic carbocycles. The summed E-state index contributed by atoms with van der Waals surface area (Å²) < 4.78 is 33.0. The molecule has 1 aromatic heterocycles. The van der Waals surface area contributed by atoms with Gasteiger partial charge in [-0.05, 0) is 48.7 Å². The average molecular weight is 484 g/mol. The third kappa shape index (κ3) is 6.12. The van der Waals surface area contributed by atoms with E-state index < -0.39 is 28.5 Å². The van der Waals surface area contributed by atoms with Crippen molar-refractivity contribution in [3.63, 3.8) is 0 Å². The summed E-state index contributed by atoms with van der Waals surface area (Å²) in [7, 11) is -3.90. The molecule has 0 aliphatic heterocycles. The fraction of sp³-hybridized carbons (Fsp3) is 0.280. The lowest BCUT2D eigenvalue weighted by molar-refractivity contribution is -0.127. The van der Waals surface area contributed by atoms with Crippen molar-refractivity contribution in [3.8, 4) is 0 Å². The first-order valence-corrected chi connectivity index (χ1v) is 12.4. The molecule has 0 saturated carbocycles. The monoisotopic (exact) mass is 483 g/mol. The summed E-state index contributed by atoms with van der Waals surface area (Å²) in [6, 6.07) is 17.6. The zero-order chi connectivity index (χ0) is 24.7. The van der Waals surface area contributed by atoms with Gasteiger partial charge in [-0.2, -0.15) is 0 Å². The number of sulfonamides is 1. The van der Waals surface area contributed by atoms with Crippen LogP contribution in [0.5, 0.6) is 0 Å². The highest BCUT2D eigenvalue weighted by atomic mass is 32.2. The van der Waals surface area contributed by atoms with Gasteiger partial charge in [0.15, 0.2) is 0 Å². The minimum absolute atomic E-state index is 0.0573. The summed E-state index contributed by atoms with van der Waals surface area (Å²) in [6.07, 6.45) is 1.52. The van der Waals surface area contributed by atoms with Gasteiger partial charge >= 0.3 is 0 Å². The molecule has 1 atom stereocenters. The van der Waals surface area contributed by atoms with E-state index in [0.717, 1.165) is 5.56 Å². The third-order valence-corrected chi connectivity index (χ3v) is 6.72. The van der Waals surface area contributed by atoms with E-state index in [4.69, 9.17) is 4.42 Å². The quantitative estimate of drug-likeness (QED) is 0.460. The first kappa shape index (κ1) is 25.2. The van der Waals surface area contributed by atoms with Crippen LogP contribution in [0.25, 0.3) is 0 Å². The molecule has 0 saturated heterocycles. The van der Waals surface area contributed by atoms with Crippen molar-refractivity contribution < 1.29 is 22.4 Å². The summed E-state index contributed by atoms with van der Waals surface area (Å²) in [6.45, 7) is 5.18. The molecule has 34 heavy (non-hydrogen) atoms. The number of furan rings is 1. The van der Waals surface area contributed by atoms with Crippen molar-refractivity contribution in [2.24, 2.45) is 5.92 Å². The number of anilines is 1. The van der Waals surface area contributed by atoms with E-state index in [1.165, 1.54) is 23.3 Å². The van der Waals surface area contributed by atoms with Crippen molar-refractivity contribution in [1.29, 1.82) is 0 Å². The largest absolute Gasteiger partial charge is 0.467 e. The topological polar surface area (TPSA) is 109 Å². The third-order valence-electron chi connectivity index (χ3n) is 5.31. The van der Waals surface area contributed by atoms with E-state index in [0.29, 0.717) is 11.4 Å². The number of amides is 2. The molecule has 0 radical (unpaired) electrons. The summed E-state index contributed by atoms with van der Waals surface area (Å²) in [4.78, 5) is 28.1. The first-order valence-electron chi connectivity index (χ1n) is 10.9. The number of benzene rings is 2. The highest BCUT2D eigenvalue weighted by Gasteiger charge is 2.34. The van der Waals surface area contributed by atoms with Crippen LogP contribution in [-0.4, -0.2) is 32.8 Å². The van der Waals surface area contributed by atoms with Gasteiger partial charge in [-0.15, -0.1) is 0 Å². The maximum atomic E-state index is 13.5. The van der Waals surface area contributed by atoms with E-state index in [-0.39, 0.29) is 23.3 Å². The van der Waals surface area contributed by atoms with Crippen molar-refractivity contribution in [1.82, 2.24) is 10.0 Å². The Hall–Kier alpha value is -3.43. The van der Waals surface area contributed by atoms with Gasteiger partial charge < -0.3 is 9.73 Å². The van der Waals surface area contributed by atoms with Gasteiger partial charge in [0.1, 0.15) is 11.8 Å². The normalized spacial score (nSPS) is 12.4. The highest BCUT2D eigenvalue weighted by Crippen LogP contribution is 2.25. The van der Waals surface area contributed by atoms with Crippen LogP contribution < -0.4 is 14.9 Å². The Morgan fingerprint density at radius 1 is 0.971 bits per heavy atom.